The van der Waals surface area contributed by atoms with E-state index in [0.29, 0.717) is 43.5 Å². The number of aryl methyl sites for hydroxylation is 1. The lowest BCUT2D eigenvalue weighted by molar-refractivity contribution is -0.386. The topological polar surface area (TPSA) is 118 Å². The van der Waals surface area contributed by atoms with Crippen molar-refractivity contribution in [1.29, 1.82) is 0 Å². The molecule has 0 bridgehead atoms. The average Bonchev–Trinajstić information content (AvgIpc) is 3.04. The highest BCUT2D eigenvalue weighted by Crippen LogP contribution is 2.39. The molecule has 0 spiro atoms. The van der Waals surface area contributed by atoms with Gasteiger partial charge in [-0.2, -0.15) is 9.78 Å². The van der Waals surface area contributed by atoms with E-state index in [1.54, 1.807) is 43.5 Å². The summed E-state index contributed by atoms with van der Waals surface area (Å²) in [6, 6.07) is 18.6. The lowest BCUT2D eigenvalue weighted by atomic mass is 9.96. The Balaban J connectivity index is 1.62. The Morgan fingerprint density at radius 1 is 1.00 bits per heavy atom. The first-order valence-corrected chi connectivity index (χ1v) is 15.0. The Labute approximate surface area is 274 Å². The number of para-hydroxylation sites is 1. The van der Waals surface area contributed by atoms with E-state index in [1.165, 1.54) is 30.1 Å². The van der Waals surface area contributed by atoms with E-state index in [2.05, 4.69) is 5.10 Å². The highest BCUT2D eigenvalue weighted by atomic mass is 35.5. The van der Waals surface area contributed by atoms with Crippen LogP contribution in [0.25, 0.3) is 22.3 Å². The molecule has 0 saturated heterocycles. The average molecular weight is 662 g/mol. The molecule has 5 rings (SSSR count). The van der Waals surface area contributed by atoms with Gasteiger partial charge in [-0.3, -0.25) is 14.9 Å². The number of rotatable bonds is 10. The standard InChI is InChI=1S/C34H30Cl2N4O6/c1-19(2)24-16-25(20(3)12-30(24)44-4)33-38-28-9-7-6-8-23(28)34(41)39(33)37-17-22-14-29(40(42)43)32(31(15-22)45-5)46-18-21-10-11-26(35)27(36)13-21/h6-17,19H,18H2,1-5H3. The smallest absolute Gasteiger partial charge is 0.315 e. The third kappa shape index (κ3) is 6.54. The number of aromatic nitrogens is 2. The lowest BCUT2D eigenvalue weighted by Crippen LogP contribution is -2.21. The van der Waals surface area contributed by atoms with Crippen LogP contribution >= 0.6 is 23.2 Å². The van der Waals surface area contributed by atoms with Crippen LogP contribution in [-0.4, -0.2) is 35.0 Å². The van der Waals surface area contributed by atoms with Gasteiger partial charge >= 0.3 is 5.69 Å². The summed E-state index contributed by atoms with van der Waals surface area (Å²) in [5.74, 6) is 1.20. The first kappa shape index (κ1) is 32.5. The molecule has 0 aliphatic heterocycles. The molecule has 46 heavy (non-hydrogen) atoms. The Kier molecular flexibility index (Phi) is 9.60. The Hall–Kier alpha value is -4.93. The predicted molar refractivity (Wildman–Crippen MR) is 180 cm³/mol. The summed E-state index contributed by atoms with van der Waals surface area (Å²) in [6.07, 6.45) is 1.35. The molecule has 0 N–H and O–H groups in total. The van der Waals surface area contributed by atoms with Gasteiger partial charge in [0.25, 0.3) is 5.56 Å². The summed E-state index contributed by atoms with van der Waals surface area (Å²) in [7, 11) is 2.99. The van der Waals surface area contributed by atoms with E-state index in [-0.39, 0.29) is 29.7 Å². The van der Waals surface area contributed by atoms with Crippen LogP contribution in [0.4, 0.5) is 5.69 Å². The molecule has 0 atom stereocenters. The summed E-state index contributed by atoms with van der Waals surface area (Å²) >= 11 is 12.1. The number of hydrogen-bond donors (Lipinski definition) is 0. The van der Waals surface area contributed by atoms with Crippen LogP contribution in [0.1, 0.15) is 42.0 Å². The number of benzene rings is 4. The van der Waals surface area contributed by atoms with Crippen LogP contribution in [0.5, 0.6) is 17.2 Å². The van der Waals surface area contributed by atoms with Crippen molar-refractivity contribution >= 4 is 46.0 Å². The maximum atomic E-state index is 13.8. The monoisotopic (exact) mass is 660 g/mol. The maximum absolute atomic E-state index is 13.8. The molecule has 0 aliphatic carbocycles. The number of nitro benzene ring substituents is 1. The lowest BCUT2D eigenvalue weighted by Gasteiger charge is -2.17. The van der Waals surface area contributed by atoms with Crippen LogP contribution in [-0.2, 0) is 6.61 Å². The highest BCUT2D eigenvalue weighted by molar-refractivity contribution is 6.42. The fourth-order valence-corrected chi connectivity index (χ4v) is 5.32. The van der Waals surface area contributed by atoms with Crippen LogP contribution in [0.3, 0.4) is 0 Å². The quantitative estimate of drug-likeness (QED) is 0.0841. The molecule has 0 aliphatic rings. The van der Waals surface area contributed by atoms with Gasteiger partial charge in [0.2, 0.25) is 5.75 Å². The van der Waals surface area contributed by atoms with Crippen molar-refractivity contribution in [3.8, 4) is 28.6 Å². The van der Waals surface area contributed by atoms with Gasteiger partial charge in [-0.05, 0) is 72.0 Å². The molecular formula is C34H30Cl2N4O6. The minimum absolute atomic E-state index is 0.0252. The molecule has 0 saturated carbocycles. The number of hydrogen-bond acceptors (Lipinski definition) is 8. The zero-order valence-corrected chi connectivity index (χ0v) is 27.2. The van der Waals surface area contributed by atoms with E-state index in [0.717, 1.165) is 16.9 Å². The molecule has 0 fully saturated rings. The molecule has 12 heteroatoms. The predicted octanol–water partition coefficient (Wildman–Crippen LogP) is 8.19. The summed E-state index contributed by atoms with van der Waals surface area (Å²) in [5, 5.41) is 17.8. The Bertz CT molecular complexity index is 2060. The van der Waals surface area contributed by atoms with Crippen molar-refractivity contribution in [3.05, 3.63) is 119 Å². The zero-order valence-electron chi connectivity index (χ0n) is 25.7. The largest absolute Gasteiger partial charge is 0.496 e. The van der Waals surface area contributed by atoms with E-state index in [9.17, 15) is 14.9 Å². The van der Waals surface area contributed by atoms with Crippen LogP contribution in [0.15, 0.2) is 76.6 Å². The number of halogens is 2. The van der Waals surface area contributed by atoms with E-state index < -0.39 is 10.5 Å². The highest BCUT2D eigenvalue weighted by Gasteiger charge is 2.23. The molecule has 0 unspecified atom stereocenters. The second-order valence-corrected chi connectivity index (χ2v) is 11.6. The van der Waals surface area contributed by atoms with Gasteiger partial charge in [0, 0.05) is 17.2 Å². The minimum Gasteiger partial charge on any atom is -0.496 e. The molecule has 236 valence electrons. The molecular weight excluding hydrogens is 631 g/mol. The number of ether oxygens (including phenoxy) is 3. The van der Waals surface area contributed by atoms with E-state index >= 15 is 0 Å². The van der Waals surface area contributed by atoms with Crippen molar-refractivity contribution in [3.63, 3.8) is 0 Å². The van der Waals surface area contributed by atoms with Gasteiger partial charge in [0.05, 0.1) is 46.3 Å². The van der Waals surface area contributed by atoms with Gasteiger partial charge in [-0.25, -0.2) is 4.98 Å². The van der Waals surface area contributed by atoms with Crippen LogP contribution < -0.4 is 19.8 Å². The first-order valence-electron chi connectivity index (χ1n) is 14.2. The fourth-order valence-electron chi connectivity index (χ4n) is 5.00. The second-order valence-electron chi connectivity index (χ2n) is 10.7. The molecule has 4 aromatic carbocycles. The number of nitrogens with zero attached hydrogens (tertiary/aromatic N) is 4. The summed E-state index contributed by atoms with van der Waals surface area (Å²) in [5.41, 5.74) is 3.17. The first-order chi connectivity index (χ1) is 22.0. The van der Waals surface area contributed by atoms with Gasteiger partial charge in [-0.1, -0.05) is 55.2 Å². The number of fused-ring (bicyclic) bond motifs is 1. The fraction of sp³-hybridized carbons (Fsp3) is 0.206. The van der Waals surface area contributed by atoms with Gasteiger partial charge in [0.1, 0.15) is 12.4 Å². The Morgan fingerprint density at radius 3 is 2.41 bits per heavy atom. The van der Waals surface area contributed by atoms with Crippen molar-refractivity contribution in [2.24, 2.45) is 5.10 Å². The molecule has 0 amide bonds. The van der Waals surface area contributed by atoms with Gasteiger partial charge in [0.15, 0.2) is 11.6 Å². The summed E-state index contributed by atoms with van der Waals surface area (Å²) < 4.78 is 18.1. The SMILES string of the molecule is COc1cc(C)c(-c2nc3ccccc3c(=O)n2N=Cc2cc(OC)c(OCc3ccc(Cl)c(Cl)c3)c([N+](=O)[O-])c2)cc1C(C)C. The zero-order chi connectivity index (χ0) is 33.1. The minimum atomic E-state index is -0.576. The third-order valence-corrected chi connectivity index (χ3v) is 8.10. The van der Waals surface area contributed by atoms with Gasteiger partial charge in [-0.15, -0.1) is 0 Å². The molecule has 1 heterocycles. The molecule has 10 nitrogen and oxygen atoms in total. The van der Waals surface area contributed by atoms with Gasteiger partial charge < -0.3 is 14.2 Å². The van der Waals surface area contributed by atoms with E-state index in [1.807, 2.05) is 39.0 Å². The van der Waals surface area contributed by atoms with Crippen molar-refractivity contribution in [2.75, 3.05) is 14.2 Å². The number of nitro groups is 1. The molecule has 5 aromatic rings. The summed E-state index contributed by atoms with van der Waals surface area (Å²) in [4.78, 5) is 30.2. The normalized spacial score (nSPS) is 11.4. The van der Waals surface area contributed by atoms with Crippen molar-refractivity contribution in [2.45, 2.75) is 33.3 Å². The summed E-state index contributed by atoms with van der Waals surface area (Å²) in [6.45, 7) is 5.98. The maximum Gasteiger partial charge on any atom is 0.315 e. The second kappa shape index (κ2) is 13.6. The Morgan fingerprint density at radius 2 is 1.74 bits per heavy atom. The van der Waals surface area contributed by atoms with Crippen molar-refractivity contribution < 1.29 is 19.1 Å². The van der Waals surface area contributed by atoms with Crippen LogP contribution in [0, 0.1) is 17.0 Å². The number of methoxy groups -OCH3 is 2. The molecule has 1 aromatic heterocycles. The van der Waals surface area contributed by atoms with E-state index in [4.69, 9.17) is 42.4 Å². The third-order valence-electron chi connectivity index (χ3n) is 7.36. The molecule has 0 radical (unpaired) electrons. The van der Waals surface area contributed by atoms with Crippen molar-refractivity contribution in [1.82, 2.24) is 9.66 Å². The van der Waals surface area contributed by atoms with Crippen LogP contribution in [0.2, 0.25) is 10.0 Å².